The quantitative estimate of drug-likeness (QED) is 0.627. The predicted molar refractivity (Wildman–Crippen MR) is 63.6 cm³/mol. The molecule has 1 rings (SSSR count). The van der Waals surface area contributed by atoms with E-state index in [0.717, 1.165) is 0 Å². The van der Waals surface area contributed by atoms with Gasteiger partial charge >= 0.3 is 5.97 Å². The average Bonchev–Trinajstić information content (AvgIpc) is 2.30. The van der Waals surface area contributed by atoms with E-state index in [1.807, 2.05) is 18.7 Å². The van der Waals surface area contributed by atoms with Crippen LogP contribution in [0.15, 0.2) is 18.2 Å². The third kappa shape index (κ3) is 2.72. The first-order valence-corrected chi connectivity index (χ1v) is 5.27. The molecule has 0 aliphatic rings. The van der Waals surface area contributed by atoms with Crippen LogP contribution in [0.2, 0.25) is 0 Å². The molecule has 1 N–H and O–H groups in total. The average molecular weight is 238 g/mol. The lowest BCUT2D eigenvalue weighted by atomic mass is 10.1. The highest BCUT2D eigenvalue weighted by Gasteiger charge is 2.20. The lowest BCUT2D eigenvalue weighted by molar-refractivity contribution is -0.385. The summed E-state index contributed by atoms with van der Waals surface area (Å²) >= 11 is 0. The molecule has 0 unspecified atom stereocenters. The minimum atomic E-state index is -1.29. The fourth-order valence-corrected chi connectivity index (χ4v) is 1.64. The smallest absolute Gasteiger partial charge is 0.342 e. The highest BCUT2D eigenvalue weighted by atomic mass is 16.6. The minimum Gasteiger partial charge on any atom is -0.477 e. The molecular weight excluding hydrogens is 224 g/mol. The van der Waals surface area contributed by atoms with E-state index in [2.05, 4.69) is 0 Å². The second-order valence-electron chi connectivity index (χ2n) is 3.44. The molecule has 92 valence electrons. The Morgan fingerprint density at radius 2 is 2.00 bits per heavy atom. The van der Waals surface area contributed by atoms with E-state index >= 15 is 0 Å². The van der Waals surface area contributed by atoms with Gasteiger partial charge in [-0.1, -0.05) is 0 Å². The van der Waals surface area contributed by atoms with Gasteiger partial charge in [0.1, 0.15) is 5.56 Å². The van der Waals surface area contributed by atoms with Crippen LogP contribution in [-0.4, -0.2) is 29.1 Å². The zero-order valence-corrected chi connectivity index (χ0v) is 9.71. The van der Waals surface area contributed by atoms with Crippen molar-refractivity contribution in [3.05, 3.63) is 33.9 Å². The van der Waals surface area contributed by atoms with Crippen LogP contribution in [0.3, 0.4) is 0 Å². The van der Waals surface area contributed by atoms with Gasteiger partial charge in [0.05, 0.1) is 4.92 Å². The molecule has 0 radical (unpaired) electrons. The summed E-state index contributed by atoms with van der Waals surface area (Å²) in [4.78, 5) is 22.9. The molecule has 0 saturated heterocycles. The second kappa shape index (κ2) is 5.29. The van der Waals surface area contributed by atoms with Crippen LogP contribution in [0.5, 0.6) is 0 Å². The largest absolute Gasteiger partial charge is 0.477 e. The molecule has 0 atom stereocenters. The highest BCUT2D eigenvalue weighted by molar-refractivity contribution is 5.93. The van der Waals surface area contributed by atoms with E-state index in [-0.39, 0.29) is 11.3 Å². The van der Waals surface area contributed by atoms with Crippen molar-refractivity contribution in [2.45, 2.75) is 13.8 Å². The van der Waals surface area contributed by atoms with Crippen molar-refractivity contribution in [1.82, 2.24) is 0 Å². The van der Waals surface area contributed by atoms with E-state index in [1.54, 1.807) is 6.07 Å². The Balaban J connectivity index is 3.27. The fourth-order valence-electron chi connectivity index (χ4n) is 1.64. The highest BCUT2D eigenvalue weighted by Crippen LogP contribution is 2.25. The molecular formula is C11H14N2O4. The lowest BCUT2D eigenvalue weighted by Gasteiger charge is -2.20. The molecule has 0 amide bonds. The minimum absolute atomic E-state index is 0.286. The predicted octanol–water partition coefficient (Wildman–Crippen LogP) is 2.14. The van der Waals surface area contributed by atoms with Gasteiger partial charge in [0.15, 0.2) is 0 Å². The number of nitro benzene ring substituents is 1. The summed E-state index contributed by atoms with van der Waals surface area (Å²) in [5.41, 5.74) is -0.000457. The maximum absolute atomic E-state index is 10.8. The van der Waals surface area contributed by atoms with E-state index in [9.17, 15) is 14.9 Å². The summed E-state index contributed by atoms with van der Waals surface area (Å²) in [5, 5.41) is 19.6. The van der Waals surface area contributed by atoms with Crippen LogP contribution >= 0.6 is 0 Å². The van der Waals surface area contributed by atoms with Crippen LogP contribution in [0.4, 0.5) is 11.4 Å². The first-order valence-electron chi connectivity index (χ1n) is 5.27. The number of aromatic carboxylic acids is 1. The number of hydrogen-bond donors (Lipinski definition) is 1. The number of carboxylic acid groups (broad SMARTS) is 1. The van der Waals surface area contributed by atoms with E-state index in [0.29, 0.717) is 18.8 Å². The number of nitrogens with zero attached hydrogens (tertiary/aromatic N) is 2. The first kappa shape index (κ1) is 13.0. The zero-order valence-electron chi connectivity index (χ0n) is 9.71. The van der Waals surface area contributed by atoms with Crippen molar-refractivity contribution >= 4 is 17.3 Å². The summed E-state index contributed by atoms with van der Waals surface area (Å²) in [5.74, 6) is -1.29. The van der Waals surface area contributed by atoms with Gasteiger partial charge < -0.3 is 10.0 Å². The number of hydrogen-bond acceptors (Lipinski definition) is 4. The maximum atomic E-state index is 10.8. The van der Waals surface area contributed by atoms with E-state index in [1.165, 1.54) is 12.1 Å². The molecule has 0 aliphatic carbocycles. The van der Waals surface area contributed by atoms with Crippen LogP contribution in [0, 0.1) is 10.1 Å². The number of nitro groups is 1. The van der Waals surface area contributed by atoms with Gasteiger partial charge in [0, 0.05) is 24.8 Å². The molecule has 0 bridgehead atoms. The zero-order chi connectivity index (χ0) is 13.0. The number of anilines is 1. The Morgan fingerprint density at radius 1 is 1.41 bits per heavy atom. The number of rotatable bonds is 5. The van der Waals surface area contributed by atoms with Gasteiger partial charge in [-0.15, -0.1) is 0 Å². The monoisotopic (exact) mass is 238 g/mol. The van der Waals surface area contributed by atoms with Gasteiger partial charge in [0.25, 0.3) is 5.69 Å². The van der Waals surface area contributed by atoms with Gasteiger partial charge in [-0.2, -0.15) is 0 Å². The van der Waals surface area contributed by atoms with Crippen molar-refractivity contribution in [3.8, 4) is 0 Å². The van der Waals surface area contributed by atoms with Crippen molar-refractivity contribution in [2.75, 3.05) is 18.0 Å². The van der Waals surface area contributed by atoms with Crippen LogP contribution in [0.1, 0.15) is 24.2 Å². The third-order valence-electron chi connectivity index (χ3n) is 2.54. The maximum Gasteiger partial charge on any atom is 0.342 e. The Hall–Kier alpha value is -2.11. The summed E-state index contributed by atoms with van der Waals surface area (Å²) in [6, 6.07) is 4.16. The van der Waals surface area contributed by atoms with Crippen LogP contribution in [0.25, 0.3) is 0 Å². The Labute approximate surface area is 98.6 Å². The molecule has 17 heavy (non-hydrogen) atoms. The second-order valence-corrected chi connectivity index (χ2v) is 3.44. The molecule has 1 aromatic carbocycles. The van der Waals surface area contributed by atoms with E-state index < -0.39 is 10.9 Å². The van der Waals surface area contributed by atoms with Crippen molar-refractivity contribution in [1.29, 1.82) is 0 Å². The van der Waals surface area contributed by atoms with Crippen molar-refractivity contribution < 1.29 is 14.8 Å². The Kier molecular flexibility index (Phi) is 4.03. The van der Waals surface area contributed by atoms with Gasteiger partial charge in [-0.25, -0.2) is 4.79 Å². The molecule has 0 saturated carbocycles. The number of carbonyl (C=O) groups is 1. The molecule has 6 heteroatoms. The van der Waals surface area contributed by atoms with Gasteiger partial charge in [-0.05, 0) is 26.0 Å². The molecule has 1 aromatic rings. The van der Waals surface area contributed by atoms with Crippen LogP contribution < -0.4 is 4.90 Å². The normalized spacial score (nSPS) is 10.0. The SMILES string of the molecule is CCN(CC)c1ccc(C(=O)O)c([N+](=O)[O-])c1. The number of benzene rings is 1. The topological polar surface area (TPSA) is 83.7 Å². The Morgan fingerprint density at radius 3 is 2.41 bits per heavy atom. The summed E-state index contributed by atoms with van der Waals surface area (Å²) < 4.78 is 0. The summed E-state index contributed by atoms with van der Waals surface area (Å²) in [6.45, 7) is 5.28. The van der Waals surface area contributed by atoms with Gasteiger partial charge in [-0.3, -0.25) is 10.1 Å². The standard InChI is InChI=1S/C11H14N2O4/c1-3-12(4-2)8-5-6-9(11(14)15)10(7-8)13(16)17/h5-7H,3-4H2,1-2H3,(H,14,15). The first-order chi connectivity index (χ1) is 8.01. The van der Waals surface area contributed by atoms with E-state index in [4.69, 9.17) is 5.11 Å². The molecule has 0 aliphatic heterocycles. The molecule has 0 fully saturated rings. The van der Waals surface area contributed by atoms with Crippen molar-refractivity contribution in [3.63, 3.8) is 0 Å². The van der Waals surface area contributed by atoms with Crippen molar-refractivity contribution in [2.24, 2.45) is 0 Å². The molecule has 6 nitrogen and oxygen atoms in total. The third-order valence-corrected chi connectivity index (χ3v) is 2.54. The molecule has 0 aromatic heterocycles. The fraction of sp³-hybridized carbons (Fsp3) is 0.364. The molecule has 0 spiro atoms. The Bertz CT molecular complexity index is 441. The lowest BCUT2D eigenvalue weighted by Crippen LogP contribution is -2.22. The van der Waals surface area contributed by atoms with Gasteiger partial charge in [0.2, 0.25) is 0 Å². The number of carboxylic acids is 1. The molecule has 0 heterocycles. The van der Waals surface area contributed by atoms with Crippen LogP contribution in [-0.2, 0) is 0 Å². The summed E-state index contributed by atoms with van der Waals surface area (Å²) in [6.07, 6.45) is 0. The summed E-state index contributed by atoms with van der Waals surface area (Å²) in [7, 11) is 0.